The smallest absolute Gasteiger partial charge is 0.226 e. The first-order valence-corrected chi connectivity index (χ1v) is 12.5. The summed E-state index contributed by atoms with van der Waals surface area (Å²) in [6.45, 7) is 4.61. The molecule has 0 bridgehead atoms. The Balaban J connectivity index is 1.33. The zero-order chi connectivity index (χ0) is 20.5. The van der Waals surface area contributed by atoms with E-state index < -0.39 is 0 Å². The number of anilines is 1. The van der Waals surface area contributed by atoms with Crippen molar-refractivity contribution in [2.45, 2.75) is 63.3 Å². The van der Waals surface area contributed by atoms with E-state index in [1.165, 1.54) is 12.8 Å². The van der Waals surface area contributed by atoms with Crippen LogP contribution in [0.4, 0.5) is 5.82 Å². The summed E-state index contributed by atoms with van der Waals surface area (Å²) in [6.07, 6.45) is 7.76. The third kappa shape index (κ3) is 4.41. The van der Waals surface area contributed by atoms with Gasteiger partial charge in [-0.15, -0.1) is 0 Å². The summed E-state index contributed by atoms with van der Waals surface area (Å²) in [5.41, 5.74) is 0.760. The van der Waals surface area contributed by atoms with Crippen LogP contribution in [0, 0.1) is 3.70 Å². The molecule has 0 amide bonds. The molecule has 164 valence electrons. The highest BCUT2D eigenvalue weighted by Crippen LogP contribution is 2.33. The van der Waals surface area contributed by atoms with Crippen LogP contribution in [0.1, 0.15) is 51.2 Å². The van der Waals surface area contributed by atoms with E-state index in [1.807, 2.05) is 4.68 Å². The number of nitrogens with one attached hydrogen (secondary N) is 1. The van der Waals surface area contributed by atoms with E-state index in [0.717, 1.165) is 85.6 Å². The summed E-state index contributed by atoms with van der Waals surface area (Å²) in [5, 5.41) is 9.61. The molecule has 3 aliphatic rings. The van der Waals surface area contributed by atoms with Gasteiger partial charge in [-0.3, -0.25) is 4.90 Å². The zero-order valence-corrected chi connectivity index (χ0v) is 19.9. The van der Waals surface area contributed by atoms with E-state index >= 15 is 0 Å². The molecule has 8 nitrogen and oxygen atoms in total. The summed E-state index contributed by atoms with van der Waals surface area (Å²) < 4.78 is 14.2. The lowest BCUT2D eigenvalue weighted by atomic mass is 9.90. The van der Waals surface area contributed by atoms with Gasteiger partial charge in [0.05, 0.1) is 18.6 Å². The van der Waals surface area contributed by atoms with Crippen molar-refractivity contribution in [3.05, 3.63) is 8.98 Å². The van der Waals surface area contributed by atoms with E-state index in [2.05, 4.69) is 42.8 Å². The number of rotatable bonds is 4. The quantitative estimate of drug-likeness (QED) is 0.461. The van der Waals surface area contributed by atoms with Crippen LogP contribution in [0.2, 0.25) is 5.28 Å². The molecule has 3 fully saturated rings. The lowest BCUT2D eigenvalue weighted by molar-refractivity contribution is -0.0372. The van der Waals surface area contributed by atoms with Gasteiger partial charge >= 0.3 is 0 Å². The van der Waals surface area contributed by atoms with Crippen LogP contribution in [0.3, 0.4) is 0 Å². The van der Waals surface area contributed by atoms with Crippen molar-refractivity contribution in [1.29, 1.82) is 0 Å². The van der Waals surface area contributed by atoms with Crippen LogP contribution in [0.15, 0.2) is 0 Å². The fraction of sp³-hybridized carbons (Fsp3) is 0.750. The lowest BCUT2D eigenvalue weighted by Crippen LogP contribution is -2.46. The second-order valence-corrected chi connectivity index (χ2v) is 9.75. The maximum Gasteiger partial charge on any atom is 0.226 e. The van der Waals surface area contributed by atoms with Gasteiger partial charge in [0.1, 0.15) is 9.52 Å². The molecule has 1 unspecified atom stereocenters. The lowest BCUT2D eigenvalue weighted by Gasteiger charge is -2.39. The summed E-state index contributed by atoms with van der Waals surface area (Å²) in [6, 6.07) is 1.06. The molecule has 2 aromatic rings. The van der Waals surface area contributed by atoms with E-state index in [1.54, 1.807) is 0 Å². The molecule has 2 aromatic heterocycles. The molecule has 4 heterocycles. The normalized spacial score (nSPS) is 28.7. The van der Waals surface area contributed by atoms with Crippen LogP contribution in [0.25, 0.3) is 11.0 Å². The minimum Gasteiger partial charge on any atom is -0.379 e. The van der Waals surface area contributed by atoms with Crippen molar-refractivity contribution in [3.63, 3.8) is 0 Å². The first kappa shape index (κ1) is 21.1. The van der Waals surface area contributed by atoms with Crippen LogP contribution in [-0.4, -0.2) is 69.6 Å². The minimum absolute atomic E-state index is 0.0763. The first-order chi connectivity index (χ1) is 14.7. The number of hydrogen-bond acceptors (Lipinski definition) is 7. The number of morpholine rings is 1. The molecule has 5 rings (SSSR count). The predicted octanol–water partition coefficient (Wildman–Crippen LogP) is 3.84. The summed E-state index contributed by atoms with van der Waals surface area (Å²) in [5.74, 6) is 0.797. The third-order valence-electron chi connectivity index (χ3n) is 6.51. The van der Waals surface area contributed by atoms with Crippen LogP contribution in [0.5, 0.6) is 0 Å². The Bertz CT molecular complexity index is 876. The van der Waals surface area contributed by atoms with E-state index in [9.17, 15) is 0 Å². The van der Waals surface area contributed by atoms with Crippen molar-refractivity contribution in [2.75, 3.05) is 38.2 Å². The highest BCUT2D eigenvalue weighted by molar-refractivity contribution is 14.1. The molecule has 2 aliphatic heterocycles. The molecule has 1 saturated carbocycles. The standard InChI is InChI=1S/C20H28ClIN6O2/c21-20-24-18(23-13-4-6-14(7-5-13)27-8-11-29-12-9-27)16-17(22)26-28(19(16)25-20)15-3-1-2-10-30-15/h13-15H,1-12H2,(H,23,24,25). The Morgan fingerprint density at radius 1 is 1.00 bits per heavy atom. The monoisotopic (exact) mass is 546 g/mol. The van der Waals surface area contributed by atoms with Crippen molar-refractivity contribution in [1.82, 2.24) is 24.6 Å². The van der Waals surface area contributed by atoms with E-state index in [0.29, 0.717) is 12.1 Å². The van der Waals surface area contributed by atoms with Gasteiger partial charge < -0.3 is 14.8 Å². The Morgan fingerprint density at radius 2 is 1.80 bits per heavy atom. The number of ether oxygens (including phenoxy) is 2. The second kappa shape index (κ2) is 9.40. The van der Waals surface area contributed by atoms with E-state index in [4.69, 9.17) is 26.2 Å². The maximum absolute atomic E-state index is 6.32. The minimum atomic E-state index is -0.0763. The van der Waals surface area contributed by atoms with Gasteiger partial charge in [0.25, 0.3) is 0 Å². The number of fused-ring (bicyclic) bond motifs is 1. The Hall–Kier alpha value is -0.750. The van der Waals surface area contributed by atoms with Gasteiger partial charge in [-0.1, -0.05) is 0 Å². The second-order valence-electron chi connectivity index (χ2n) is 8.39. The molecule has 0 radical (unpaired) electrons. The van der Waals surface area contributed by atoms with Crippen molar-refractivity contribution in [3.8, 4) is 0 Å². The van der Waals surface area contributed by atoms with Gasteiger partial charge in [-0.2, -0.15) is 15.1 Å². The zero-order valence-electron chi connectivity index (χ0n) is 17.0. The third-order valence-corrected chi connectivity index (χ3v) is 7.43. The van der Waals surface area contributed by atoms with Crippen molar-refractivity contribution >= 4 is 51.0 Å². The van der Waals surface area contributed by atoms with Gasteiger partial charge in [-0.05, 0) is 79.1 Å². The molecule has 1 atom stereocenters. The SMILES string of the molecule is Clc1nc(NC2CCC(N3CCOCC3)CC2)c2c(I)nn(C3CCCCO3)c2n1. The Morgan fingerprint density at radius 3 is 2.53 bits per heavy atom. The molecular weight excluding hydrogens is 519 g/mol. The topological polar surface area (TPSA) is 77.3 Å². The predicted molar refractivity (Wildman–Crippen MR) is 124 cm³/mol. The first-order valence-electron chi connectivity index (χ1n) is 11.0. The fourth-order valence-corrected chi connectivity index (χ4v) is 5.81. The van der Waals surface area contributed by atoms with E-state index in [-0.39, 0.29) is 11.5 Å². The highest BCUT2D eigenvalue weighted by atomic mass is 127. The van der Waals surface area contributed by atoms with Crippen LogP contribution in [-0.2, 0) is 9.47 Å². The molecular formula is C20H28ClIN6O2. The average Bonchev–Trinajstić information content (AvgIpc) is 3.12. The summed E-state index contributed by atoms with van der Waals surface area (Å²) >= 11 is 8.59. The maximum atomic E-state index is 6.32. The molecule has 10 heteroatoms. The molecule has 0 spiro atoms. The fourth-order valence-electron chi connectivity index (χ4n) is 4.91. The number of nitrogens with zero attached hydrogens (tertiary/aromatic N) is 5. The Kier molecular flexibility index (Phi) is 6.61. The average molecular weight is 547 g/mol. The van der Waals surface area contributed by atoms with Gasteiger partial charge in [-0.25, -0.2) is 4.68 Å². The number of halogens is 2. The van der Waals surface area contributed by atoms with Crippen LogP contribution < -0.4 is 5.32 Å². The van der Waals surface area contributed by atoms with Crippen molar-refractivity contribution < 1.29 is 9.47 Å². The molecule has 1 N–H and O–H groups in total. The van der Waals surface area contributed by atoms with Crippen molar-refractivity contribution in [2.24, 2.45) is 0 Å². The summed E-state index contributed by atoms with van der Waals surface area (Å²) in [7, 11) is 0. The largest absolute Gasteiger partial charge is 0.379 e. The summed E-state index contributed by atoms with van der Waals surface area (Å²) in [4.78, 5) is 11.6. The molecule has 2 saturated heterocycles. The number of hydrogen-bond donors (Lipinski definition) is 1. The molecule has 30 heavy (non-hydrogen) atoms. The Labute approximate surface area is 195 Å². The number of aromatic nitrogens is 4. The van der Waals surface area contributed by atoms with Gasteiger partial charge in [0.15, 0.2) is 11.9 Å². The molecule has 1 aliphatic carbocycles. The molecule has 0 aromatic carbocycles. The highest BCUT2D eigenvalue weighted by Gasteiger charge is 2.29. The van der Waals surface area contributed by atoms with Crippen LogP contribution >= 0.6 is 34.2 Å². The van der Waals surface area contributed by atoms with Gasteiger partial charge in [0.2, 0.25) is 5.28 Å². The van der Waals surface area contributed by atoms with Gasteiger partial charge in [0, 0.05) is 31.8 Å².